The first kappa shape index (κ1) is 17.9. The molecule has 0 radical (unpaired) electrons. The zero-order chi connectivity index (χ0) is 17.6. The summed E-state index contributed by atoms with van der Waals surface area (Å²) in [5, 5.41) is 0. The van der Waals surface area contributed by atoms with Crippen LogP contribution in [0.4, 0.5) is 0 Å². The molecule has 136 valence electrons. The van der Waals surface area contributed by atoms with Gasteiger partial charge in [0.2, 0.25) is 5.91 Å². The Kier molecular flexibility index (Phi) is 6.08. The monoisotopic (exact) mass is 344 g/mol. The molecular formula is C20H28N2O3. The highest BCUT2D eigenvalue weighted by Crippen LogP contribution is 2.23. The van der Waals surface area contributed by atoms with Gasteiger partial charge in [-0.15, -0.1) is 0 Å². The van der Waals surface area contributed by atoms with E-state index in [0.717, 1.165) is 37.8 Å². The van der Waals surface area contributed by atoms with E-state index in [1.165, 1.54) is 0 Å². The van der Waals surface area contributed by atoms with Gasteiger partial charge in [0.05, 0.1) is 5.92 Å². The van der Waals surface area contributed by atoms with Crippen molar-refractivity contribution in [2.24, 2.45) is 0 Å². The summed E-state index contributed by atoms with van der Waals surface area (Å²) in [6, 6.07) is 9.99. The summed E-state index contributed by atoms with van der Waals surface area (Å²) >= 11 is 0. The number of benzene rings is 1. The van der Waals surface area contributed by atoms with Crippen molar-refractivity contribution in [2.75, 3.05) is 32.8 Å². The maximum Gasteiger partial charge on any atom is 0.251 e. The third-order valence-electron chi connectivity index (χ3n) is 5.23. The minimum Gasteiger partial charge on any atom is -0.368 e. The summed E-state index contributed by atoms with van der Waals surface area (Å²) in [6.45, 7) is 5.39. The first-order valence-electron chi connectivity index (χ1n) is 9.45. The van der Waals surface area contributed by atoms with Crippen LogP contribution in [0.1, 0.15) is 44.1 Å². The molecule has 0 aromatic heterocycles. The standard InChI is InChI=1S/C20H28N2O3/c1-2-17(16-8-4-3-5-9-16)19(23)21-11-7-12-22(14-13-21)20(24)18-10-6-15-25-18/h3-5,8-9,17-18H,2,6-7,10-15H2,1H3/t17-,18+/m1/s1. The van der Waals surface area contributed by atoms with Gasteiger partial charge in [-0.25, -0.2) is 0 Å². The molecule has 2 amide bonds. The van der Waals surface area contributed by atoms with E-state index in [1.807, 2.05) is 40.1 Å². The van der Waals surface area contributed by atoms with Crippen LogP contribution in [0.2, 0.25) is 0 Å². The summed E-state index contributed by atoms with van der Waals surface area (Å²) in [7, 11) is 0. The van der Waals surface area contributed by atoms with Gasteiger partial charge >= 0.3 is 0 Å². The van der Waals surface area contributed by atoms with Gasteiger partial charge in [0.1, 0.15) is 6.10 Å². The zero-order valence-electron chi connectivity index (χ0n) is 15.0. The minimum absolute atomic E-state index is 0.0957. The van der Waals surface area contributed by atoms with Crippen molar-refractivity contribution < 1.29 is 14.3 Å². The summed E-state index contributed by atoms with van der Waals surface area (Å²) in [5.41, 5.74) is 1.08. The Morgan fingerprint density at radius 3 is 2.48 bits per heavy atom. The Bertz CT molecular complexity index is 584. The molecule has 1 aromatic rings. The molecule has 5 heteroatoms. The predicted molar refractivity (Wildman–Crippen MR) is 96.2 cm³/mol. The number of hydrogen-bond acceptors (Lipinski definition) is 3. The molecule has 1 aromatic carbocycles. The van der Waals surface area contributed by atoms with Crippen LogP contribution in [0.3, 0.4) is 0 Å². The number of amides is 2. The molecular weight excluding hydrogens is 316 g/mol. The quantitative estimate of drug-likeness (QED) is 0.843. The van der Waals surface area contributed by atoms with Crippen molar-refractivity contribution in [2.45, 2.75) is 44.6 Å². The molecule has 2 aliphatic heterocycles. The van der Waals surface area contributed by atoms with E-state index in [-0.39, 0.29) is 23.8 Å². The molecule has 2 fully saturated rings. The van der Waals surface area contributed by atoms with Gasteiger partial charge in [-0.2, -0.15) is 0 Å². The lowest BCUT2D eigenvalue weighted by molar-refractivity contribution is -0.141. The van der Waals surface area contributed by atoms with Crippen LogP contribution in [0, 0.1) is 0 Å². The summed E-state index contributed by atoms with van der Waals surface area (Å²) in [5.74, 6) is 0.184. The van der Waals surface area contributed by atoms with E-state index >= 15 is 0 Å². The number of carbonyl (C=O) groups excluding carboxylic acids is 2. The molecule has 0 aliphatic carbocycles. The molecule has 2 saturated heterocycles. The van der Waals surface area contributed by atoms with Crippen molar-refractivity contribution in [3.63, 3.8) is 0 Å². The van der Waals surface area contributed by atoms with Crippen LogP contribution in [0.15, 0.2) is 30.3 Å². The van der Waals surface area contributed by atoms with Gasteiger partial charge in [0, 0.05) is 32.8 Å². The first-order valence-corrected chi connectivity index (χ1v) is 9.45. The predicted octanol–water partition coefficient (Wildman–Crippen LogP) is 2.42. The highest BCUT2D eigenvalue weighted by atomic mass is 16.5. The van der Waals surface area contributed by atoms with Crippen LogP contribution < -0.4 is 0 Å². The van der Waals surface area contributed by atoms with Crippen molar-refractivity contribution in [1.82, 2.24) is 9.80 Å². The van der Waals surface area contributed by atoms with Crippen LogP contribution in [0.5, 0.6) is 0 Å². The summed E-state index contributed by atoms with van der Waals surface area (Å²) in [6.07, 6.45) is 3.14. The number of nitrogens with zero attached hydrogens (tertiary/aromatic N) is 2. The van der Waals surface area contributed by atoms with E-state index in [4.69, 9.17) is 4.74 Å². The van der Waals surface area contributed by atoms with Gasteiger partial charge in [0.25, 0.3) is 5.91 Å². The van der Waals surface area contributed by atoms with Gasteiger partial charge in [-0.3, -0.25) is 9.59 Å². The third-order valence-corrected chi connectivity index (χ3v) is 5.23. The first-order chi connectivity index (χ1) is 12.2. The molecule has 25 heavy (non-hydrogen) atoms. The highest BCUT2D eigenvalue weighted by molar-refractivity contribution is 5.84. The average Bonchev–Trinajstić information content (AvgIpc) is 3.07. The van der Waals surface area contributed by atoms with E-state index in [0.29, 0.717) is 26.2 Å². The molecule has 0 saturated carbocycles. The Morgan fingerprint density at radius 2 is 1.80 bits per heavy atom. The average molecular weight is 344 g/mol. The molecule has 2 aliphatic rings. The maximum atomic E-state index is 13.0. The molecule has 2 atom stereocenters. The van der Waals surface area contributed by atoms with E-state index in [1.54, 1.807) is 0 Å². The number of ether oxygens (including phenoxy) is 1. The second kappa shape index (κ2) is 8.48. The second-order valence-electron chi connectivity index (χ2n) is 6.88. The van der Waals surface area contributed by atoms with Gasteiger partial charge in [-0.05, 0) is 31.2 Å². The Labute approximate surface area is 149 Å². The highest BCUT2D eigenvalue weighted by Gasteiger charge is 2.31. The minimum atomic E-state index is -0.269. The summed E-state index contributed by atoms with van der Waals surface area (Å²) < 4.78 is 5.52. The molecule has 5 nitrogen and oxygen atoms in total. The Hall–Kier alpha value is -1.88. The van der Waals surface area contributed by atoms with Crippen molar-refractivity contribution >= 4 is 11.8 Å². The van der Waals surface area contributed by atoms with Gasteiger partial charge < -0.3 is 14.5 Å². The normalized spacial score (nSPS) is 22.5. The lowest BCUT2D eigenvalue weighted by Crippen LogP contribution is -2.42. The zero-order valence-corrected chi connectivity index (χ0v) is 15.0. The fourth-order valence-corrected chi connectivity index (χ4v) is 3.79. The topological polar surface area (TPSA) is 49.9 Å². The molecule has 0 bridgehead atoms. The van der Waals surface area contributed by atoms with Crippen LogP contribution in [-0.2, 0) is 14.3 Å². The molecule has 0 spiro atoms. The fraction of sp³-hybridized carbons (Fsp3) is 0.600. The van der Waals surface area contributed by atoms with Crippen molar-refractivity contribution in [3.05, 3.63) is 35.9 Å². The third kappa shape index (κ3) is 4.21. The van der Waals surface area contributed by atoms with E-state index in [2.05, 4.69) is 6.92 Å². The lowest BCUT2D eigenvalue weighted by atomic mass is 9.95. The van der Waals surface area contributed by atoms with Gasteiger partial charge in [0.15, 0.2) is 0 Å². The van der Waals surface area contributed by atoms with Crippen LogP contribution in [0.25, 0.3) is 0 Å². The van der Waals surface area contributed by atoms with E-state index in [9.17, 15) is 9.59 Å². The largest absolute Gasteiger partial charge is 0.368 e. The van der Waals surface area contributed by atoms with Crippen LogP contribution >= 0.6 is 0 Å². The molecule has 3 rings (SSSR count). The molecule has 0 unspecified atom stereocenters. The molecule has 0 N–H and O–H groups in total. The summed E-state index contributed by atoms with van der Waals surface area (Å²) in [4.78, 5) is 29.4. The maximum absolute atomic E-state index is 13.0. The lowest BCUT2D eigenvalue weighted by Gasteiger charge is -2.26. The van der Waals surface area contributed by atoms with E-state index < -0.39 is 0 Å². The van der Waals surface area contributed by atoms with Crippen molar-refractivity contribution in [1.29, 1.82) is 0 Å². The van der Waals surface area contributed by atoms with Gasteiger partial charge in [-0.1, -0.05) is 37.3 Å². The smallest absolute Gasteiger partial charge is 0.251 e. The number of hydrogen-bond donors (Lipinski definition) is 0. The SMILES string of the molecule is CC[C@@H](C(=O)N1CCCN(C(=O)[C@@H]2CCCO2)CC1)c1ccccc1. The Balaban J connectivity index is 1.61. The number of rotatable bonds is 4. The second-order valence-corrected chi connectivity index (χ2v) is 6.88. The Morgan fingerprint density at radius 1 is 1.08 bits per heavy atom. The van der Waals surface area contributed by atoms with Crippen molar-refractivity contribution in [3.8, 4) is 0 Å². The van der Waals surface area contributed by atoms with Crippen LogP contribution in [-0.4, -0.2) is 60.5 Å². The number of carbonyl (C=O) groups is 2. The molecule has 2 heterocycles. The fourth-order valence-electron chi connectivity index (χ4n) is 3.79.